The summed E-state index contributed by atoms with van der Waals surface area (Å²) < 4.78 is 0. The lowest BCUT2D eigenvalue weighted by atomic mass is 9.94. The third-order valence-corrected chi connectivity index (χ3v) is 3.45. The van der Waals surface area contributed by atoms with E-state index in [1.807, 2.05) is 19.1 Å². The van der Waals surface area contributed by atoms with E-state index in [4.69, 9.17) is 5.73 Å². The zero-order chi connectivity index (χ0) is 14.3. The molecule has 6 heteroatoms. The molecule has 0 aliphatic carbocycles. The largest absolute Gasteiger partial charge is 0.508 e. The molecule has 6 nitrogen and oxygen atoms in total. The van der Waals surface area contributed by atoms with Crippen LogP contribution in [0, 0.1) is 0 Å². The summed E-state index contributed by atoms with van der Waals surface area (Å²) in [4.78, 5) is 21.3. The molecule has 0 aliphatic rings. The van der Waals surface area contributed by atoms with Gasteiger partial charge < -0.3 is 15.8 Å². The van der Waals surface area contributed by atoms with E-state index in [-0.39, 0.29) is 23.2 Å². The van der Waals surface area contributed by atoms with Gasteiger partial charge in [-0.05, 0) is 6.07 Å². The normalized spacial score (nSPS) is 12.7. The van der Waals surface area contributed by atoms with Crippen molar-refractivity contribution in [2.75, 3.05) is 5.73 Å². The second-order valence-corrected chi connectivity index (χ2v) is 4.70. The molecule has 0 fully saturated rings. The average Bonchev–Trinajstić information content (AvgIpc) is 2.82. The Bertz CT molecular complexity index is 835. The van der Waals surface area contributed by atoms with Gasteiger partial charge in [0.1, 0.15) is 16.8 Å². The predicted octanol–water partition coefficient (Wildman–Crippen LogP) is 1.69. The molecule has 0 spiro atoms. The maximum Gasteiger partial charge on any atom is 0.276 e. The molecule has 2 heterocycles. The summed E-state index contributed by atoms with van der Waals surface area (Å²) in [6.45, 7) is 1.94. The topological polar surface area (TPSA) is 108 Å². The highest BCUT2D eigenvalue weighted by atomic mass is 16.3. The first-order valence-electron chi connectivity index (χ1n) is 6.22. The van der Waals surface area contributed by atoms with Crippen LogP contribution in [0.1, 0.15) is 24.0 Å². The van der Waals surface area contributed by atoms with E-state index in [9.17, 15) is 9.90 Å². The van der Waals surface area contributed by atoms with Crippen molar-refractivity contribution in [2.45, 2.75) is 12.8 Å². The number of nitrogens with zero attached hydrogens (tertiary/aromatic N) is 1. The lowest BCUT2D eigenvalue weighted by molar-refractivity contribution is 0.466. The van der Waals surface area contributed by atoms with Crippen molar-refractivity contribution in [1.82, 2.24) is 15.0 Å². The monoisotopic (exact) mass is 270 g/mol. The summed E-state index contributed by atoms with van der Waals surface area (Å²) in [5, 5.41) is 9.94. The number of para-hydroxylation sites is 1. The predicted molar refractivity (Wildman–Crippen MR) is 76.8 cm³/mol. The van der Waals surface area contributed by atoms with Crippen LogP contribution in [0.3, 0.4) is 0 Å². The highest BCUT2D eigenvalue weighted by molar-refractivity contribution is 5.80. The standard InChI is InChI=1S/C14H14N4O2/c1-7(8-4-2-3-5-10(8)19)9-6-16-12-11(9)17-14(15)18-13(12)20/h2-7,16,19H,1H3,(H3,15,17,18,20). The van der Waals surface area contributed by atoms with Crippen LogP contribution in [0.5, 0.6) is 5.75 Å². The minimum atomic E-state index is -0.303. The number of aromatic nitrogens is 3. The van der Waals surface area contributed by atoms with Crippen LogP contribution in [-0.2, 0) is 0 Å². The number of phenols is 1. The molecule has 0 amide bonds. The SMILES string of the molecule is CC(c1ccccc1O)c1c[nH]c2c(=O)[nH]c(N)nc12. The minimum Gasteiger partial charge on any atom is -0.508 e. The fraction of sp³-hybridized carbons (Fsp3) is 0.143. The van der Waals surface area contributed by atoms with Gasteiger partial charge in [0.15, 0.2) is 0 Å². The van der Waals surface area contributed by atoms with Crippen LogP contribution in [0.15, 0.2) is 35.3 Å². The zero-order valence-corrected chi connectivity index (χ0v) is 10.8. The molecule has 0 saturated carbocycles. The van der Waals surface area contributed by atoms with Crippen LogP contribution < -0.4 is 11.3 Å². The molecule has 0 saturated heterocycles. The maximum atomic E-state index is 11.8. The fourth-order valence-corrected chi connectivity index (χ4v) is 2.40. The second kappa shape index (κ2) is 4.41. The first-order chi connectivity index (χ1) is 9.58. The van der Waals surface area contributed by atoms with Gasteiger partial charge in [-0.3, -0.25) is 9.78 Å². The van der Waals surface area contributed by atoms with Gasteiger partial charge in [-0.15, -0.1) is 0 Å². The molecule has 0 aliphatic heterocycles. The highest BCUT2D eigenvalue weighted by Crippen LogP contribution is 2.33. The summed E-state index contributed by atoms with van der Waals surface area (Å²) in [6.07, 6.45) is 1.73. The number of phenolic OH excluding ortho intramolecular Hbond substituents is 1. The van der Waals surface area contributed by atoms with E-state index in [1.165, 1.54) is 0 Å². The van der Waals surface area contributed by atoms with Crippen molar-refractivity contribution < 1.29 is 5.11 Å². The van der Waals surface area contributed by atoms with Gasteiger partial charge in [0.2, 0.25) is 5.95 Å². The number of benzene rings is 1. The summed E-state index contributed by atoms with van der Waals surface area (Å²) >= 11 is 0. The maximum absolute atomic E-state index is 11.8. The number of hydrogen-bond acceptors (Lipinski definition) is 4. The van der Waals surface area contributed by atoms with E-state index in [0.717, 1.165) is 11.1 Å². The van der Waals surface area contributed by atoms with Gasteiger partial charge in [-0.1, -0.05) is 25.1 Å². The van der Waals surface area contributed by atoms with Gasteiger partial charge in [-0.25, -0.2) is 4.98 Å². The van der Waals surface area contributed by atoms with Crippen molar-refractivity contribution in [3.05, 3.63) is 51.9 Å². The van der Waals surface area contributed by atoms with Gasteiger partial charge in [-0.2, -0.15) is 0 Å². The van der Waals surface area contributed by atoms with E-state index < -0.39 is 0 Å². The number of H-pyrrole nitrogens is 2. The number of nitrogens with one attached hydrogen (secondary N) is 2. The molecule has 2 aromatic heterocycles. The average molecular weight is 270 g/mol. The molecule has 0 bridgehead atoms. The van der Waals surface area contributed by atoms with Crippen molar-refractivity contribution in [3.8, 4) is 5.75 Å². The molecule has 5 N–H and O–H groups in total. The van der Waals surface area contributed by atoms with E-state index in [0.29, 0.717) is 11.0 Å². The minimum absolute atomic E-state index is 0.0767. The smallest absolute Gasteiger partial charge is 0.276 e. The molecule has 1 atom stereocenters. The van der Waals surface area contributed by atoms with Crippen LogP contribution in [0.4, 0.5) is 5.95 Å². The molecule has 1 unspecified atom stereocenters. The van der Waals surface area contributed by atoms with Crippen molar-refractivity contribution in [3.63, 3.8) is 0 Å². The lowest BCUT2D eigenvalue weighted by Gasteiger charge is -2.12. The summed E-state index contributed by atoms with van der Waals surface area (Å²) in [7, 11) is 0. The summed E-state index contributed by atoms with van der Waals surface area (Å²) in [5.41, 5.74) is 7.80. The Morgan fingerprint density at radius 2 is 2.05 bits per heavy atom. The number of aromatic amines is 2. The van der Waals surface area contributed by atoms with Gasteiger partial charge in [0.05, 0.1) is 0 Å². The lowest BCUT2D eigenvalue weighted by Crippen LogP contribution is -2.11. The van der Waals surface area contributed by atoms with E-state index in [1.54, 1.807) is 18.3 Å². The Morgan fingerprint density at radius 3 is 2.80 bits per heavy atom. The van der Waals surface area contributed by atoms with Crippen molar-refractivity contribution >= 4 is 17.0 Å². The van der Waals surface area contributed by atoms with Crippen LogP contribution in [-0.4, -0.2) is 20.1 Å². The molecular weight excluding hydrogens is 256 g/mol. The Hall–Kier alpha value is -2.76. The number of rotatable bonds is 2. The zero-order valence-electron chi connectivity index (χ0n) is 10.8. The molecule has 20 heavy (non-hydrogen) atoms. The molecule has 1 aromatic carbocycles. The Balaban J connectivity index is 2.20. The number of hydrogen-bond donors (Lipinski definition) is 4. The van der Waals surface area contributed by atoms with Crippen LogP contribution in [0.25, 0.3) is 11.0 Å². The number of aromatic hydroxyl groups is 1. The fourth-order valence-electron chi connectivity index (χ4n) is 2.40. The third-order valence-electron chi connectivity index (χ3n) is 3.45. The van der Waals surface area contributed by atoms with Crippen molar-refractivity contribution in [1.29, 1.82) is 0 Å². The summed E-state index contributed by atoms with van der Waals surface area (Å²) in [6, 6.07) is 7.10. The summed E-state index contributed by atoms with van der Waals surface area (Å²) in [5.74, 6) is 0.179. The molecule has 3 rings (SSSR count). The third kappa shape index (κ3) is 1.82. The number of nitrogen functional groups attached to an aromatic ring is 1. The number of nitrogens with two attached hydrogens (primary N) is 1. The van der Waals surface area contributed by atoms with Crippen LogP contribution in [0.2, 0.25) is 0 Å². The van der Waals surface area contributed by atoms with Crippen molar-refractivity contribution in [2.24, 2.45) is 0 Å². The quantitative estimate of drug-likeness (QED) is 0.568. The Labute approximate surface area is 114 Å². The first kappa shape index (κ1) is 12.3. The second-order valence-electron chi connectivity index (χ2n) is 4.70. The Morgan fingerprint density at radius 1 is 1.30 bits per heavy atom. The van der Waals surface area contributed by atoms with E-state index in [2.05, 4.69) is 15.0 Å². The van der Waals surface area contributed by atoms with Gasteiger partial charge >= 0.3 is 0 Å². The van der Waals surface area contributed by atoms with Gasteiger partial charge in [0.25, 0.3) is 5.56 Å². The molecule has 3 aromatic rings. The highest BCUT2D eigenvalue weighted by Gasteiger charge is 2.18. The van der Waals surface area contributed by atoms with E-state index >= 15 is 0 Å². The molecular formula is C14H14N4O2. The Kier molecular flexibility index (Phi) is 2.71. The van der Waals surface area contributed by atoms with Crippen LogP contribution >= 0.6 is 0 Å². The molecule has 0 radical (unpaired) electrons. The molecule has 102 valence electrons. The first-order valence-corrected chi connectivity index (χ1v) is 6.22. The number of anilines is 1. The number of fused-ring (bicyclic) bond motifs is 1. The van der Waals surface area contributed by atoms with Gasteiger partial charge in [0, 0.05) is 23.2 Å².